The van der Waals surface area contributed by atoms with Crippen LogP contribution < -0.4 is 9.47 Å². The average Bonchev–Trinajstić information content (AvgIpc) is 3.32. The van der Waals surface area contributed by atoms with E-state index < -0.39 is 0 Å². The van der Waals surface area contributed by atoms with Crippen LogP contribution in [-0.2, 0) is 4.74 Å². The van der Waals surface area contributed by atoms with Gasteiger partial charge in [0.15, 0.2) is 0 Å². The lowest BCUT2D eigenvalue weighted by molar-refractivity contribution is 0.0677. The van der Waals surface area contributed by atoms with Crippen LogP contribution in [0.3, 0.4) is 0 Å². The lowest BCUT2D eigenvalue weighted by atomic mass is 9.96. The molecule has 0 bridgehead atoms. The third-order valence-electron chi connectivity index (χ3n) is 5.27. The van der Waals surface area contributed by atoms with Crippen molar-refractivity contribution < 1.29 is 19.0 Å². The van der Waals surface area contributed by atoms with Crippen molar-refractivity contribution in [2.24, 2.45) is 0 Å². The van der Waals surface area contributed by atoms with Gasteiger partial charge in [-0.1, -0.05) is 12.1 Å². The molecular weight excluding hydrogens is 382 g/mol. The molecule has 4 rings (SSSR count). The Morgan fingerprint density at radius 1 is 1.03 bits per heavy atom. The zero-order valence-corrected chi connectivity index (χ0v) is 17.3. The second kappa shape index (κ2) is 8.59. The van der Waals surface area contributed by atoms with Crippen LogP contribution in [0.15, 0.2) is 48.5 Å². The highest BCUT2D eigenvalue weighted by Crippen LogP contribution is 2.43. The van der Waals surface area contributed by atoms with Crippen LogP contribution in [0.25, 0.3) is 11.3 Å². The summed E-state index contributed by atoms with van der Waals surface area (Å²) in [6, 6.07) is 15.3. The van der Waals surface area contributed by atoms with Crippen LogP contribution in [-0.4, -0.2) is 55.0 Å². The molecule has 0 aliphatic carbocycles. The predicted octanol–water partition coefficient (Wildman–Crippen LogP) is 3.68. The highest BCUT2D eigenvalue weighted by Gasteiger charge is 2.41. The Morgan fingerprint density at radius 3 is 2.37 bits per heavy atom. The molecule has 3 aromatic rings. The van der Waals surface area contributed by atoms with Crippen molar-refractivity contribution in [2.75, 3.05) is 34.0 Å². The number of carbonyl (C=O) groups is 1. The summed E-state index contributed by atoms with van der Waals surface area (Å²) in [7, 11) is 3.27. The van der Waals surface area contributed by atoms with Crippen molar-refractivity contribution in [1.82, 2.24) is 15.1 Å². The number of hydrogen-bond donors (Lipinski definition) is 1. The van der Waals surface area contributed by atoms with Crippen molar-refractivity contribution in [1.29, 1.82) is 0 Å². The number of carbonyl (C=O) groups excluding carboxylic acids is 1. The van der Waals surface area contributed by atoms with E-state index in [4.69, 9.17) is 14.2 Å². The van der Waals surface area contributed by atoms with Gasteiger partial charge in [-0.25, -0.2) is 0 Å². The number of methoxy groups -OCH3 is 2. The summed E-state index contributed by atoms with van der Waals surface area (Å²) in [5.74, 6) is 1.50. The Kier molecular flexibility index (Phi) is 5.72. The normalized spacial score (nSPS) is 15.4. The SMILES string of the molecule is CCOc1ccc(C2c3c(-c4ccc(OC)cc4)n[nH]c3C(=O)N2CCOC)cc1. The van der Waals surface area contributed by atoms with Gasteiger partial charge < -0.3 is 19.1 Å². The lowest BCUT2D eigenvalue weighted by Gasteiger charge is -2.26. The van der Waals surface area contributed by atoms with Crippen LogP contribution in [0.2, 0.25) is 0 Å². The zero-order chi connectivity index (χ0) is 21.1. The van der Waals surface area contributed by atoms with Crippen LogP contribution in [0, 0.1) is 0 Å². The zero-order valence-electron chi connectivity index (χ0n) is 17.3. The minimum atomic E-state index is -0.255. The molecule has 0 saturated heterocycles. The third-order valence-corrected chi connectivity index (χ3v) is 5.27. The minimum Gasteiger partial charge on any atom is -0.497 e. The molecule has 0 radical (unpaired) electrons. The van der Waals surface area contributed by atoms with E-state index in [-0.39, 0.29) is 11.9 Å². The first kappa shape index (κ1) is 20.0. The molecule has 1 unspecified atom stereocenters. The fourth-order valence-electron chi connectivity index (χ4n) is 3.85. The van der Waals surface area contributed by atoms with Gasteiger partial charge in [0.1, 0.15) is 17.2 Å². The number of fused-ring (bicyclic) bond motifs is 1. The minimum absolute atomic E-state index is 0.0757. The van der Waals surface area contributed by atoms with Crippen molar-refractivity contribution in [2.45, 2.75) is 13.0 Å². The van der Waals surface area contributed by atoms with E-state index in [1.54, 1.807) is 14.2 Å². The molecule has 7 nitrogen and oxygen atoms in total. The predicted molar refractivity (Wildman–Crippen MR) is 113 cm³/mol. The Hall–Kier alpha value is -3.32. The van der Waals surface area contributed by atoms with Crippen molar-refractivity contribution >= 4 is 5.91 Å². The summed E-state index contributed by atoms with van der Waals surface area (Å²) < 4.78 is 16.1. The second-order valence-electron chi connectivity index (χ2n) is 6.99. The van der Waals surface area contributed by atoms with Gasteiger partial charge in [-0.05, 0) is 48.9 Å². The number of benzene rings is 2. The fourth-order valence-corrected chi connectivity index (χ4v) is 3.85. The quantitative estimate of drug-likeness (QED) is 0.616. The number of rotatable bonds is 8. The van der Waals surface area contributed by atoms with Crippen molar-refractivity contribution in [3.63, 3.8) is 0 Å². The first-order valence-electron chi connectivity index (χ1n) is 9.93. The summed E-state index contributed by atoms with van der Waals surface area (Å²) in [5, 5.41) is 7.45. The molecule has 30 heavy (non-hydrogen) atoms. The molecule has 1 N–H and O–H groups in total. The third kappa shape index (κ3) is 3.52. The molecule has 2 aromatic carbocycles. The molecule has 1 aromatic heterocycles. The van der Waals surface area contributed by atoms with E-state index in [9.17, 15) is 4.79 Å². The van der Waals surface area contributed by atoms with Gasteiger partial charge in [0, 0.05) is 24.8 Å². The van der Waals surface area contributed by atoms with Gasteiger partial charge in [-0.2, -0.15) is 5.10 Å². The summed E-state index contributed by atoms with van der Waals surface area (Å²) in [5.41, 5.74) is 4.09. The average molecular weight is 407 g/mol. The summed E-state index contributed by atoms with van der Waals surface area (Å²) >= 11 is 0. The molecular formula is C23H25N3O4. The largest absolute Gasteiger partial charge is 0.497 e. The maximum atomic E-state index is 13.2. The van der Waals surface area contributed by atoms with E-state index in [0.29, 0.717) is 25.5 Å². The van der Waals surface area contributed by atoms with Gasteiger partial charge in [0.2, 0.25) is 0 Å². The Balaban J connectivity index is 1.78. The van der Waals surface area contributed by atoms with Crippen molar-refractivity contribution in [3.8, 4) is 22.8 Å². The number of ether oxygens (including phenoxy) is 3. The lowest BCUT2D eigenvalue weighted by Crippen LogP contribution is -2.32. The molecule has 1 aliphatic heterocycles. The van der Waals surface area contributed by atoms with Crippen LogP contribution in [0.1, 0.15) is 34.6 Å². The standard InChI is InChI=1S/C23H25N3O4/c1-4-30-18-11-7-16(8-12-18)22-19-20(15-5-9-17(29-3)10-6-15)24-25-21(19)23(27)26(22)13-14-28-2/h5-12,22H,4,13-14H2,1-3H3,(H,24,25). The Labute approximate surface area is 175 Å². The van der Waals surface area contributed by atoms with Crippen molar-refractivity contribution in [3.05, 3.63) is 65.4 Å². The number of aromatic amines is 1. The fraction of sp³-hybridized carbons (Fsp3) is 0.304. The first-order chi connectivity index (χ1) is 14.7. The molecule has 0 fully saturated rings. The first-order valence-corrected chi connectivity index (χ1v) is 9.93. The van der Waals surface area contributed by atoms with E-state index >= 15 is 0 Å². The van der Waals surface area contributed by atoms with Gasteiger partial charge >= 0.3 is 0 Å². The van der Waals surface area contributed by atoms with E-state index in [1.807, 2.05) is 60.4 Å². The highest BCUT2D eigenvalue weighted by atomic mass is 16.5. The molecule has 156 valence electrons. The Morgan fingerprint density at radius 2 is 1.73 bits per heavy atom. The van der Waals surface area contributed by atoms with Crippen LogP contribution >= 0.6 is 0 Å². The molecule has 0 saturated carbocycles. The summed E-state index contributed by atoms with van der Waals surface area (Å²) in [4.78, 5) is 15.0. The van der Waals surface area contributed by atoms with Gasteiger partial charge in [0.05, 0.1) is 32.1 Å². The maximum Gasteiger partial charge on any atom is 0.273 e. The second-order valence-corrected chi connectivity index (χ2v) is 6.99. The van der Waals surface area contributed by atoms with Gasteiger partial charge in [-0.3, -0.25) is 9.89 Å². The smallest absolute Gasteiger partial charge is 0.273 e. The van der Waals surface area contributed by atoms with Crippen LogP contribution in [0.5, 0.6) is 11.5 Å². The van der Waals surface area contributed by atoms with Crippen LogP contribution in [0.4, 0.5) is 0 Å². The van der Waals surface area contributed by atoms with E-state index in [2.05, 4.69) is 10.2 Å². The topological polar surface area (TPSA) is 76.7 Å². The summed E-state index contributed by atoms with van der Waals surface area (Å²) in [6.45, 7) is 3.50. The van der Waals surface area contributed by atoms with Gasteiger partial charge in [-0.15, -0.1) is 0 Å². The monoisotopic (exact) mass is 407 g/mol. The molecule has 7 heteroatoms. The molecule has 2 heterocycles. The highest BCUT2D eigenvalue weighted by molar-refractivity contribution is 6.00. The molecule has 1 amide bonds. The number of nitrogens with one attached hydrogen (secondary N) is 1. The number of H-pyrrole nitrogens is 1. The van der Waals surface area contributed by atoms with E-state index in [0.717, 1.165) is 33.9 Å². The molecule has 1 aliphatic rings. The Bertz CT molecular complexity index is 1010. The summed E-state index contributed by atoms with van der Waals surface area (Å²) in [6.07, 6.45) is 0. The number of amides is 1. The number of hydrogen-bond acceptors (Lipinski definition) is 5. The number of nitrogens with zero attached hydrogens (tertiary/aromatic N) is 2. The molecule has 0 spiro atoms. The van der Waals surface area contributed by atoms with E-state index in [1.165, 1.54) is 0 Å². The van der Waals surface area contributed by atoms with Gasteiger partial charge in [0.25, 0.3) is 5.91 Å². The number of aromatic nitrogens is 2. The molecule has 1 atom stereocenters. The maximum absolute atomic E-state index is 13.2.